The number of amides is 1. The molecule has 5 heteroatoms. The van der Waals surface area contributed by atoms with E-state index in [4.69, 9.17) is 0 Å². The van der Waals surface area contributed by atoms with E-state index in [0.29, 0.717) is 5.56 Å². The molecule has 2 aromatic carbocycles. The molecule has 0 bridgehead atoms. The van der Waals surface area contributed by atoms with Crippen molar-refractivity contribution in [2.24, 2.45) is 0 Å². The number of halogens is 1. The van der Waals surface area contributed by atoms with E-state index in [-0.39, 0.29) is 17.8 Å². The molecule has 1 N–H and O–H groups in total. The van der Waals surface area contributed by atoms with Crippen molar-refractivity contribution in [3.8, 4) is 5.69 Å². The van der Waals surface area contributed by atoms with Gasteiger partial charge >= 0.3 is 0 Å². The number of nitrogens with one attached hydrogen (secondary N) is 1. The van der Waals surface area contributed by atoms with Crippen molar-refractivity contribution in [1.82, 2.24) is 15.1 Å². The van der Waals surface area contributed by atoms with Gasteiger partial charge in [-0.3, -0.25) is 4.79 Å². The fourth-order valence-corrected chi connectivity index (χ4v) is 2.87. The molecule has 1 heterocycles. The smallest absolute Gasteiger partial charge is 0.252 e. The molecule has 1 atom stereocenters. The Hall–Kier alpha value is -2.95. The van der Waals surface area contributed by atoms with Crippen molar-refractivity contribution in [2.45, 2.75) is 26.8 Å². The largest absolute Gasteiger partial charge is 0.345 e. The van der Waals surface area contributed by atoms with Crippen molar-refractivity contribution in [3.05, 3.63) is 82.9 Å². The van der Waals surface area contributed by atoms with Crippen molar-refractivity contribution >= 4 is 5.91 Å². The summed E-state index contributed by atoms with van der Waals surface area (Å²) in [5.41, 5.74) is 4.21. The van der Waals surface area contributed by atoms with Gasteiger partial charge in [-0.05, 0) is 56.7 Å². The van der Waals surface area contributed by atoms with Crippen LogP contribution >= 0.6 is 0 Å². The van der Waals surface area contributed by atoms with Crippen LogP contribution in [0.4, 0.5) is 4.39 Å². The highest BCUT2D eigenvalue weighted by Crippen LogP contribution is 2.21. The third kappa shape index (κ3) is 3.45. The number of nitrogens with zero attached hydrogens (tertiary/aromatic N) is 2. The molecule has 0 aliphatic rings. The van der Waals surface area contributed by atoms with Gasteiger partial charge in [0, 0.05) is 16.8 Å². The quantitative estimate of drug-likeness (QED) is 0.778. The minimum Gasteiger partial charge on any atom is -0.345 e. The first-order chi connectivity index (χ1) is 12.0. The Labute approximate surface area is 146 Å². The van der Waals surface area contributed by atoms with Gasteiger partial charge in [-0.25, -0.2) is 9.07 Å². The van der Waals surface area contributed by atoms with Crippen LogP contribution < -0.4 is 5.32 Å². The topological polar surface area (TPSA) is 46.9 Å². The lowest BCUT2D eigenvalue weighted by atomic mass is 10.1. The normalized spacial score (nSPS) is 12.0. The molecule has 3 aromatic rings. The Morgan fingerprint density at radius 2 is 1.80 bits per heavy atom. The lowest BCUT2D eigenvalue weighted by Crippen LogP contribution is -2.27. The van der Waals surface area contributed by atoms with E-state index in [2.05, 4.69) is 10.4 Å². The summed E-state index contributed by atoms with van der Waals surface area (Å²) in [6.07, 6.45) is 1.74. The zero-order chi connectivity index (χ0) is 18.0. The fourth-order valence-electron chi connectivity index (χ4n) is 2.87. The zero-order valence-corrected chi connectivity index (χ0v) is 14.5. The van der Waals surface area contributed by atoms with Crippen LogP contribution in [0.5, 0.6) is 0 Å². The predicted octanol–water partition coefficient (Wildman–Crippen LogP) is 4.12. The third-order valence-electron chi connectivity index (χ3n) is 4.32. The highest BCUT2D eigenvalue weighted by molar-refractivity contribution is 5.95. The average molecular weight is 337 g/mol. The molecule has 0 aliphatic carbocycles. The maximum Gasteiger partial charge on any atom is 0.252 e. The number of benzene rings is 2. The molecule has 0 radical (unpaired) electrons. The number of hydrogen-bond acceptors (Lipinski definition) is 2. The van der Waals surface area contributed by atoms with E-state index in [1.165, 1.54) is 12.1 Å². The van der Waals surface area contributed by atoms with Gasteiger partial charge in [0.15, 0.2) is 0 Å². The molecule has 0 saturated heterocycles. The van der Waals surface area contributed by atoms with Crippen LogP contribution in [0.25, 0.3) is 5.69 Å². The van der Waals surface area contributed by atoms with E-state index in [1.54, 1.807) is 23.0 Å². The molecular weight excluding hydrogens is 317 g/mol. The molecule has 0 spiro atoms. The van der Waals surface area contributed by atoms with Gasteiger partial charge in [-0.1, -0.05) is 18.2 Å². The third-order valence-corrected chi connectivity index (χ3v) is 4.32. The molecule has 128 valence electrons. The SMILES string of the molecule is Cc1ccccc1C(=O)NC(C)c1cnn(-c2ccc(F)cc2)c1C. The molecular formula is C20H20FN3O. The predicted molar refractivity (Wildman–Crippen MR) is 95.3 cm³/mol. The van der Waals surface area contributed by atoms with Crippen LogP contribution in [0, 0.1) is 19.7 Å². The summed E-state index contributed by atoms with van der Waals surface area (Å²) in [4.78, 5) is 12.5. The van der Waals surface area contributed by atoms with Crippen molar-refractivity contribution in [2.75, 3.05) is 0 Å². The Morgan fingerprint density at radius 3 is 2.48 bits per heavy atom. The number of carbonyl (C=O) groups is 1. The first-order valence-electron chi connectivity index (χ1n) is 8.14. The van der Waals surface area contributed by atoms with Gasteiger partial charge in [0.1, 0.15) is 5.82 Å². The maximum atomic E-state index is 13.1. The van der Waals surface area contributed by atoms with Gasteiger partial charge in [0.05, 0.1) is 17.9 Å². The Balaban J connectivity index is 1.81. The van der Waals surface area contributed by atoms with E-state index in [0.717, 1.165) is 22.5 Å². The molecule has 1 aromatic heterocycles. The fraction of sp³-hybridized carbons (Fsp3) is 0.200. The lowest BCUT2D eigenvalue weighted by molar-refractivity contribution is 0.0939. The second kappa shape index (κ2) is 6.89. The van der Waals surface area contributed by atoms with Crippen LogP contribution in [0.1, 0.15) is 40.1 Å². The van der Waals surface area contributed by atoms with Crippen LogP contribution in [0.3, 0.4) is 0 Å². The number of aromatic nitrogens is 2. The molecule has 0 fully saturated rings. The molecule has 3 rings (SSSR count). The lowest BCUT2D eigenvalue weighted by Gasteiger charge is -2.15. The summed E-state index contributed by atoms with van der Waals surface area (Å²) in [5.74, 6) is -0.396. The summed E-state index contributed by atoms with van der Waals surface area (Å²) >= 11 is 0. The summed E-state index contributed by atoms with van der Waals surface area (Å²) in [5, 5.41) is 7.39. The molecule has 1 amide bonds. The van der Waals surface area contributed by atoms with Gasteiger partial charge in [-0.15, -0.1) is 0 Å². The van der Waals surface area contributed by atoms with E-state index in [1.807, 2.05) is 45.0 Å². The van der Waals surface area contributed by atoms with E-state index >= 15 is 0 Å². The first kappa shape index (κ1) is 16.9. The zero-order valence-electron chi connectivity index (χ0n) is 14.5. The summed E-state index contributed by atoms with van der Waals surface area (Å²) in [7, 11) is 0. The minimum absolute atomic E-state index is 0.112. The number of aryl methyl sites for hydroxylation is 1. The Morgan fingerprint density at radius 1 is 1.12 bits per heavy atom. The molecule has 0 aliphatic heterocycles. The molecule has 4 nitrogen and oxygen atoms in total. The van der Waals surface area contributed by atoms with Gasteiger partial charge in [0.2, 0.25) is 0 Å². The summed E-state index contributed by atoms with van der Waals surface area (Å²) < 4.78 is 14.8. The Kier molecular flexibility index (Phi) is 4.65. The second-order valence-corrected chi connectivity index (χ2v) is 6.08. The van der Waals surface area contributed by atoms with Crippen molar-refractivity contribution in [1.29, 1.82) is 0 Å². The van der Waals surface area contributed by atoms with Crippen molar-refractivity contribution in [3.63, 3.8) is 0 Å². The number of carbonyl (C=O) groups excluding carboxylic acids is 1. The van der Waals surface area contributed by atoms with Crippen LogP contribution in [-0.2, 0) is 0 Å². The highest BCUT2D eigenvalue weighted by atomic mass is 19.1. The van der Waals surface area contributed by atoms with E-state index in [9.17, 15) is 9.18 Å². The highest BCUT2D eigenvalue weighted by Gasteiger charge is 2.17. The second-order valence-electron chi connectivity index (χ2n) is 6.08. The van der Waals surface area contributed by atoms with Gasteiger partial charge in [-0.2, -0.15) is 5.10 Å². The number of hydrogen-bond donors (Lipinski definition) is 1. The average Bonchev–Trinajstić information content (AvgIpc) is 2.97. The van der Waals surface area contributed by atoms with E-state index < -0.39 is 0 Å². The Bertz CT molecular complexity index is 900. The molecule has 1 unspecified atom stereocenters. The van der Waals surface area contributed by atoms with Gasteiger partial charge in [0.25, 0.3) is 5.91 Å². The first-order valence-corrected chi connectivity index (χ1v) is 8.14. The minimum atomic E-state index is -0.285. The summed E-state index contributed by atoms with van der Waals surface area (Å²) in [6, 6.07) is 13.5. The summed E-state index contributed by atoms with van der Waals surface area (Å²) in [6.45, 7) is 5.77. The monoisotopic (exact) mass is 337 g/mol. The molecule has 25 heavy (non-hydrogen) atoms. The standard InChI is InChI=1S/C20H20FN3O/c1-13-6-4-5-7-18(13)20(25)23-14(2)19-12-22-24(15(19)3)17-10-8-16(21)9-11-17/h4-12,14H,1-3H3,(H,23,25). The van der Waals surface area contributed by atoms with Gasteiger partial charge < -0.3 is 5.32 Å². The number of rotatable bonds is 4. The van der Waals surface area contributed by atoms with Crippen LogP contribution in [0.2, 0.25) is 0 Å². The maximum absolute atomic E-state index is 13.1. The van der Waals surface area contributed by atoms with Crippen molar-refractivity contribution < 1.29 is 9.18 Å². The molecule has 0 saturated carbocycles. The van der Waals surface area contributed by atoms with Crippen LogP contribution in [-0.4, -0.2) is 15.7 Å². The van der Waals surface area contributed by atoms with Crippen LogP contribution in [0.15, 0.2) is 54.7 Å².